The van der Waals surface area contributed by atoms with Crippen LogP contribution in [0.1, 0.15) is 12.0 Å². The molecule has 2 rings (SSSR count). The Bertz CT molecular complexity index is 556. The molecule has 1 atom stereocenters. The van der Waals surface area contributed by atoms with Gasteiger partial charge in [0.1, 0.15) is 0 Å². The van der Waals surface area contributed by atoms with Crippen LogP contribution in [-0.4, -0.2) is 47.7 Å². The molecule has 1 aromatic rings. The van der Waals surface area contributed by atoms with Crippen molar-refractivity contribution < 1.29 is 19.4 Å². The molecular weight excluding hydrogens is 272 g/mol. The van der Waals surface area contributed by atoms with E-state index in [1.54, 1.807) is 29.2 Å². The number of carbonyl (C=O) groups excluding carboxylic acids is 1. The zero-order valence-electron chi connectivity index (χ0n) is 11.6. The lowest BCUT2D eigenvalue weighted by molar-refractivity contribution is -0.143. The lowest BCUT2D eigenvalue weighted by Crippen LogP contribution is -2.49. The molecular formula is C15H18N2O4. The SMILES string of the molecule is Nc1cccc(/C=C/C(=O)N2CCOCC2CC(=O)O)c1. The van der Waals surface area contributed by atoms with E-state index >= 15 is 0 Å². The summed E-state index contributed by atoms with van der Waals surface area (Å²) in [5, 5.41) is 8.88. The van der Waals surface area contributed by atoms with Gasteiger partial charge in [0.25, 0.3) is 0 Å². The fourth-order valence-electron chi connectivity index (χ4n) is 2.24. The fraction of sp³-hybridized carbons (Fsp3) is 0.333. The predicted molar refractivity (Wildman–Crippen MR) is 78.5 cm³/mol. The lowest BCUT2D eigenvalue weighted by Gasteiger charge is -2.34. The Labute approximate surface area is 122 Å². The minimum Gasteiger partial charge on any atom is -0.481 e. The average molecular weight is 290 g/mol. The smallest absolute Gasteiger partial charge is 0.305 e. The number of amides is 1. The Morgan fingerprint density at radius 2 is 2.29 bits per heavy atom. The molecule has 0 bridgehead atoms. The van der Waals surface area contributed by atoms with Gasteiger partial charge in [0.05, 0.1) is 25.7 Å². The Morgan fingerprint density at radius 1 is 1.48 bits per heavy atom. The highest BCUT2D eigenvalue weighted by Gasteiger charge is 2.27. The van der Waals surface area contributed by atoms with Crippen molar-refractivity contribution >= 4 is 23.6 Å². The maximum Gasteiger partial charge on any atom is 0.305 e. The van der Waals surface area contributed by atoms with Crippen LogP contribution in [0.15, 0.2) is 30.3 Å². The summed E-state index contributed by atoms with van der Waals surface area (Å²) in [6.45, 7) is 1.08. The summed E-state index contributed by atoms with van der Waals surface area (Å²) < 4.78 is 5.24. The monoisotopic (exact) mass is 290 g/mol. The number of carboxylic acids is 1. The van der Waals surface area contributed by atoms with Crippen LogP contribution >= 0.6 is 0 Å². The molecule has 1 aliphatic rings. The molecule has 0 spiro atoms. The van der Waals surface area contributed by atoms with Gasteiger partial charge in [0.15, 0.2) is 0 Å². The number of hydrogen-bond donors (Lipinski definition) is 2. The number of aliphatic carboxylic acids is 1. The van der Waals surface area contributed by atoms with Crippen molar-refractivity contribution in [2.45, 2.75) is 12.5 Å². The molecule has 6 heteroatoms. The van der Waals surface area contributed by atoms with Crippen LogP contribution in [0.2, 0.25) is 0 Å². The third kappa shape index (κ3) is 4.32. The van der Waals surface area contributed by atoms with Crippen molar-refractivity contribution in [2.75, 3.05) is 25.5 Å². The first-order chi connectivity index (χ1) is 10.1. The minimum absolute atomic E-state index is 0.113. The van der Waals surface area contributed by atoms with Gasteiger partial charge >= 0.3 is 5.97 Å². The van der Waals surface area contributed by atoms with Crippen LogP contribution in [0.25, 0.3) is 6.08 Å². The molecule has 1 saturated heterocycles. The highest BCUT2D eigenvalue weighted by molar-refractivity contribution is 5.92. The predicted octanol–water partition coefficient (Wildman–Crippen LogP) is 0.984. The van der Waals surface area contributed by atoms with E-state index in [0.29, 0.717) is 18.8 Å². The summed E-state index contributed by atoms with van der Waals surface area (Å²) in [4.78, 5) is 24.6. The van der Waals surface area contributed by atoms with E-state index in [0.717, 1.165) is 5.56 Å². The van der Waals surface area contributed by atoms with E-state index in [2.05, 4.69) is 0 Å². The number of nitrogen functional groups attached to an aromatic ring is 1. The Hall–Kier alpha value is -2.34. The normalized spacial score (nSPS) is 18.9. The van der Waals surface area contributed by atoms with Crippen LogP contribution in [0, 0.1) is 0 Å². The second-order valence-corrected chi connectivity index (χ2v) is 4.86. The maximum atomic E-state index is 12.2. The summed E-state index contributed by atoms with van der Waals surface area (Å²) in [5.74, 6) is -1.16. The zero-order chi connectivity index (χ0) is 15.2. The molecule has 1 fully saturated rings. The maximum absolute atomic E-state index is 12.2. The van der Waals surface area contributed by atoms with E-state index < -0.39 is 12.0 Å². The fourth-order valence-corrected chi connectivity index (χ4v) is 2.24. The highest BCUT2D eigenvalue weighted by atomic mass is 16.5. The molecule has 1 heterocycles. The minimum atomic E-state index is -0.942. The quantitative estimate of drug-likeness (QED) is 0.637. The van der Waals surface area contributed by atoms with E-state index in [-0.39, 0.29) is 18.9 Å². The molecule has 1 aromatic carbocycles. The van der Waals surface area contributed by atoms with E-state index in [1.807, 2.05) is 6.07 Å². The molecule has 0 aromatic heterocycles. The van der Waals surface area contributed by atoms with Crippen LogP contribution in [0.3, 0.4) is 0 Å². The van der Waals surface area contributed by atoms with Crippen molar-refractivity contribution in [3.63, 3.8) is 0 Å². The lowest BCUT2D eigenvalue weighted by atomic mass is 10.1. The molecule has 6 nitrogen and oxygen atoms in total. The summed E-state index contributed by atoms with van der Waals surface area (Å²) in [6, 6.07) is 6.76. The second-order valence-electron chi connectivity index (χ2n) is 4.86. The van der Waals surface area contributed by atoms with Crippen molar-refractivity contribution in [1.82, 2.24) is 4.90 Å². The highest BCUT2D eigenvalue weighted by Crippen LogP contribution is 2.13. The largest absolute Gasteiger partial charge is 0.481 e. The van der Waals surface area contributed by atoms with Gasteiger partial charge in [-0.15, -0.1) is 0 Å². The molecule has 0 radical (unpaired) electrons. The molecule has 1 unspecified atom stereocenters. The van der Waals surface area contributed by atoms with Crippen molar-refractivity contribution in [1.29, 1.82) is 0 Å². The van der Waals surface area contributed by atoms with Crippen LogP contribution < -0.4 is 5.73 Å². The molecule has 112 valence electrons. The van der Waals surface area contributed by atoms with Crippen LogP contribution in [-0.2, 0) is 14.3 Å². The number of hydrogen-bond acceptors (Lipinski definition) is 4. The van der Waals surface area contributed by atoms with E-state index in [9.17, 15) is 9.59 Å². The zero-order valence-corrected chi connectivity index (χ0v) is 11.6. The topological polar surface area (TPSA) is 92.9 Å². The Morgan fingerprint density at radius 3 is 3.00 bits per heavy atom. The number of nitrogens with two attached hydrogens (primary N) is 1. The van der Waals surface area contributed by atoms with Gasteiger partial charge in [-0.2, -0.15) is 0 Å². The number of rotatable bonds is 4. The summed E-state index contributed by atoms with van der Waals surface area (Å²) in [6.07, 6.45) is 3.00. The van der Waals surface area contributed by atoms with E-state index in [1.165, 1.54) is 6.08 Å². The number of nitrogens with zero attached hydrogens (tertiary/aromatic N) is 1. The molecule has 3 N–H and O–H groups in total. The third-order valence-electron chi connectivity index (χ3n) is 3.25. The van der Waals surface area contributed by atoms with Gasteiger partial charge < -0.3 is 20.5 Å². The van der Waals surface area contributed by atoms with Gasteiger partial charge in [-0.1, -0.05) is 12.1 Å². The molecule has 0 saturated carbocycles. The van der Waals surface area contributed by atoms with Gasteiger partial charge in [0.2, 0.25) is 5.91 Å². The Kier molecular flexibility index (Phi) is 4.94. The summed E-state index contributed by atoms with van der Waals surface area (Å²) in [5.41, 5.74) is 7.12. The van der Waals surface area contributed by atoms with Gasteiger partial charge in [-0.05, 0) is 23.8 Å². The van der Waals surface area contributed by atoms with Crippen molar-refractivity contribution in [3.05, 3.63) is 35.9 Å². The first kappa shape index (κ1) is 15.1. The molecule has 1 aliphatic heterocycles. The molecule has 1 amide bonds. The molecule has 0 aliphatic carbocycles. The van der Waals surface area contributed by atoms with Crippen molar-refractivity contribution in [3.8, 4) is 0 Å². The van der Waals surface area contributed by atoms with Crippen LogP contribution in [0.4, 0.5) is 5.69 Å². The number of anilines is 1. The van der Waals surface area contributed by atoms with Gasteiger partial charge in [-0.3, -0.25) is 9.59 Å². The van der Waals surface area contributed by atoms with E-state index in [4.69, 9.17) is 15.6 Å². The molecule has 21 heavy (non-hydrogen) atoms. The number of morpholine rings is 1. The van der Waals surface area contributed by atoms with Gasteiger partial charge in [-0.25, -0.2) is 0 Å². The van der Waals surface area contributed by atoms with Gasteiger partial charge in [0, 0.05) is 18.3 Å². The standard InChI is InChI=1S/C15H18N2O4/c16-12-3-1-2-11(8-12)4-5-14(18)17-6-7-21-10-13(17)9-15(19)20/h1-5,8,13H,6-7,9-10,16H2,(H,19,20)/b5-4+. The third-order valence-corrected chi connectivity index (χ3v) is 3.25. The Balaban J connectivity index is 2.05. The average Bonchev–Trinajstić information content (AvgIpc) is 2.45. The number of ether oxygens (including phenoxy) is 1. The summed E-state index contributed by atoms with van der Waals surface area (Å²) in [7, 11) is 0. The van der Waals surface area contributed by atoms with Crippen LogP contribution in [0.5, 0.6) is 0 Å². The van der Waals surface area contributed by atoms with Crippen molar-refractivity contribution in [2.24, 2.45) is 0 Å². The first-order valence-corrected chi connectivity index (χ1v) is 6.70. The first-order valence-electron chi connectivity index (χ1n) is 6.70. The number of carboxylic acid groups (broad SMARTS) is 1. The second kappa shape index (κ2) is 6.90. The summed E-state index contributed by atoms with van der Waals surface area (Å²) >= 11 is 0. The number of benzene rings is 1. The number of carbonyl (C=O) groups is 2.